The van der Waals surface area contributed by atoms with Gasteiger partial charge >= 0.3 is 5.97 Å². The normalized spacial score (nSPS) is 18.7. The summed E-state index contributed by atoms with van der Waals surface area (Å²) >= 11 is 6.58. The molecular formula is C27H31ClN2O6S. The second kappa shape index (κ2) is 11.3. The molecule has 2 N–H and O–H groups in total. The highest BCUT2D eigenvalue weighted by Crippen LogP contribution is 2.57. The maximum absolute atomic E-state index is 12.5. The molecule has 0 saturated heterocycles. The molecular weight excluding hydrogens is 516 g/mol. The Hall–Kier alpha value is -2.82. The number of nitrogens with zero attached hydrogens (tertiary/aromatic N) is 2. The summed E-state index contributed by atoms with van der Waals surface area (Å²) in [5, 5.41) is 0.448. The lowest BCUT2D eigenvalue weighted by Crippen LogP contribution is -2.33. The smallest absolute Gasteiger partial charge is 0.306 e. The fourth-order valence-corrected chi connectivity index (χ4v) is 6.27. The Balaban J connectivity index is 1.72. The van der Waals surface area contributed by atoms with Gasteiger partial charge in [0.25, 0.3) is 5.56 Å². The highest BCUT2D eigenvalue weighted by molar-refractivity contribution is 8.22. The van der Waals surface area contributed by atoms with E-state index < -0.39 is 16.7 Å². The number of rotatable bonds is 7. The number of hydrogen-bond acceptors (Lipinski definition) is 7. The van der Waals surface area contributed by atoms with Gasteiger partial charge in [-0.05, 0) is 54.8 Å². The fraction of sp³-hybridized carbons (Fsp3) is 0.333. The van der Waals surface area contributed by atoms with Crippen LogP contribution in [0, 0.1) is 0 Å². The van der Waals surface area contributed by atoms with Crippen LogP contribution in [0.4, 0.5) is 0 Å². The summed E-state index contributed by atoms with van der Waals surface area (Å²) in [6, 6.07) is 15.6. The summed E-state index contributed by atoms with van der Waals surface area (Å²) in [5.41, 5.74) is 1.91. The van der Waals surface area contributed by atoms with E-state index in [1.807, 2.05) is 19.1 Å². The fourth-order valence-electron chi connectivity index (χ4n) is 4.43. The van der Waals surface area contributed by atoms with Crippen LogP contribution in [0.2, 0.25) is 5.02 Å². The summed E-state index contributed by atoms with van der Waals surface area (Å²) < 4.78 is 36.7. The number of ether oxygens (including phenoxy) is 2. The highest BCUT2D eigenvalue weighted by Gasteiger charge is 2.34. The molecule has 0 aliphatic carbocycles. The molecule has 0 radical (unpaired) electrons. The number of hydrogen-bond donors (Lipinski definition) is 2. The SMILES string of the molecule is CCOC(=O)CC(c1ccc(Cl)c(CN2CC(C)Oc3ccccc3S2(O)O)c1)c1ccn(C)c(=O)c1. The monoisotopic (exact) mass is 546 g/mol. The van der Waals surface area contributed by atoms with E-state index >= 15 is 0 Å². The molecule has 0 spiro atoms. The summed E-state index contributed by atoms with van der Waals surface area (Å²) in [5.74, 6) is -0.386. The maximum atomic E-state index is 12.5. The minimum atomic E-state index is -3.36. The molecule has 10 heteroatoms. The van der Waals surface area contributed by atoms with Crippen LogP contribution in [-0.2, 0) is 23.1 Å². The highest BCUT2D eigenvalue weighted by atomic mass is 35.5. The number of aryl methyl sites for hydroxylation is 1. The number of para-hydroxylation sites is 1. The minimum absolute atomic E-state index is 0.0409. The lowest BCUT2D eigenvalue weighted by Gasteiger charge is -2.41. The molecule has 2 unspecified atom stereocenters. The Morgan fingerprint density at radius 2 is 1.92 bits per heavy atom. The average Bonchev–Trinajstić information content (AvgIpc) is 2.94. The summed E-state index contributed by atoms with van der Waals surface area (Å²) in [6.07, 6.45) is 1.41. The molecule has 0 fully saturated rings. The van der Waals surface area contributed by atoms with Crippen molar-refractivity contribution in [2.24, 2.45) is 7.05 Å². The van der Waals surface area contributed by atoms with Gasteiger partial charge in [-0.15, -0.1) is 10.8 Å². The standard InChI is InChI=1S/C27H31ClN2O6S/c1-4-35-27(32)15-22(20-11-12-29(3)26(31)14-20)19-9-10-23(28)21(13-19)17-30-16-18(2)36-24-7-5-6-8-25(24)37(30,33)34/h5-14,18,22,33-34H,4,15-17H2,1-3H3. The van der Waals surface area contributed by atoms with Gasteiger partial charge in [-0.2, -0.15) is 4.31 Å². The van der Waals surface area contributed by atoms with Crippen molar-refractivity contribution in [1.82, 2.24) is 8.87 Å². The van der Waals surface area contributed by atoms with E-state index in [9.17, 15) is 18.7 Å². The van der Waals surface area contributed by atoms with Crippen molar-refractivity contribution in [3.63, 3.8) is 0 Å². The average molecular weight is 547 g/mol. The van der Waals surface area contributed by atoms with Crippen LogP contribution >= 0.6 is 22.4 Å². The second-order valence-electron chi connectivity index (χ2n) is 9.04. The van der Waals surface area contributed by atoms with Crippen LogP contribution in [0.15, 0.2) is 70.5 Å². The maximum Gasteiger partial charge on any atom is 0.306 e. The van der Waals surface area contributed by atoms with Gasteiger partial charge in [0.1, 0.15) is 16.7 Å². The van der Waals surface area contributed by atoms with Gasteiger partial charge in [-0.1, -0.05) is 35.9 Å². The van der Waals surface area contributed by atoms with Crippen molar-refractivity contribution < 1.29 is 23.4 Å². The quantitative estimate of drug-likeness (QED) is 0.381. The molecule has 1 aliphatic heterocycles. The van der Waals surface area contributed by atoms with E-state index in [0.29, 0.717) is 26.8 Å². The number of carbonyl (C=O) groups is 1. The second-order valence-corrected chi connectivity index (χ2v) is 11.4. The van der Waals surface area contributed by atoms with Gasteiger partial charge in [0.2, 0.25) is 0 Å². The van der Waals surface area contributed by atoms with Crippen LogP contribution in [0.3, 0.4) is 0 Å². The Bertz CT molecular complexity index is 1340. The van der Waals surface area contributed by atoms with Crippen LogP contribution in [0.25, 0.3) is 0 Å². The van der Waals surface area contributed by atoms with E-state index in [0.717, 1.165) is 5.56 Å². The number of carbonyl (C=O) groups excluding carboxylic acids is 1. The lowest BCUT2D eigenvalue weighted by atomic mass is 9.88. The lowest BCUT2D eigenvalue weighted by molar-refractivity contribution is -0.143. The molecule has 0 bridgehead atoms. The predicted molar refractivity (Wildman–Crippen MR) is 144 cm³/mol. The minimum Gasteiger partial charge on any atom is -0.487 e. The molecule has 3 aromatic rings. The molecule has 0 saturated carbocycles. The number of benzene rings is 2. The third-order valence-corrected chi connectivity index (χ3v) is 8.61. The van der Waals surface area contributed by atoms with Gasteiger partial charge in [0.05, 0.1) is 19.6 Å². The van der Waals surface area contributed by atoms with E-state index in [4.69, 9.17) is 21.1 Å². The molecule has 2 heterocycles. The number of fused-ring (bicyclic) bond motifs is 1. The van der Waals surface area contributed by atoms with Crippen LogP contribution in [0.5, 0.6) is 5.75 Å². The van der Waals surface area contributed by atoms with Crippen LogP contribution in [-0.4, -0.2) is 43.2 Å². The molecule has 8 nitrogen and oxygen atoms in total. The van der Waals surface area contributed by atoms with E-state index in [1.54, 1.807) is 60.9 Å². The van der Waals surface area contributed by atoms with E-state index in [1.165, 1.54) is 10.6 Å². The molecule has 1 aromatic heterocycles. The van der Waals surface area contributed by atoms with Gasteiger partial charge in [-0.25, -0.2) is 0 Å². The Kier molecular flexibility index (Phi) is 8.30. The third-order valence-electron chi connectivity index (χ3n) is 6.32. The first-order valence-corrected chi connectivity index (χ1v) is 13.9. The number of halogens is 1. The van der Waals surface area contributed by atoms with Crippen LogP contribution in [0.1, 0.15) is 42.9 Å². The molecule has 198 valence electrons. The zero-order valence-corrected chi connectivity index (χ0v) is 22.5. The number of pyridine rings is 1. The first kappa shape index (κ1) is 27.2. The molecule has 4 rings (SSSR count). The zero-order chi connectivity index (χ0) is 26.7. The summed E-state index contributed by atoms with van der Waals surface area (Å²) in [7, 11) is -1.70. The number of esters is 1. The summed E-state index contributed by atoms with van der Waals surface area (Å²) in [4.78, 5) is 25.2. The Labute approximate surface area is 222 Å². The van der Waals surface area contributed by atoms with Crippen molar-refractivity contribution in [2.75, 3.05) is 13.2 Å². The zero-order valence-electron chi connectivity index (χ0n) is 21.0. The van der Waals surface area contributed by atoms with Gasteiger partial charge in [0.15, 0.2) is 0 Å². The first-order chi connectivity index (χ1) is 17.6. The first-order valence-electron chi connectivity index (χ1n) is 12.0. The molecule has 37 heavy (non-hydrogen) atoms. The predicted octanol–water partition coefficient (Wildman–Crippen LogP) is 5.43. The Morgan fingerprint density at radius 3 is 2.65 bits per heavy atom. The van der Waals surface area contributed by atoms with Gasteiger partial charge in [-0.3, -0.25) is 18.7 Å². The van der Waals surface area contributed by atoms with Crippen molar-refractivity contribution >= 4 is 28.3 Å². The van der Waals surface area contributed by atoms with E-state index in [2.05, 4.69) is 0 Å². The Morgan fingerprint density at radius 1 is 1.19 bits per heavy atom. The molecule has 2 aromatic carbocycles. The third kappa shape index (κ3) is 6.02. The van der Waals surface area contributed by atoms with Crippen molar-refractivity contribution in [3.8, 4) is 5.75 Å². The van der Waals surface area contributed by atoms with Crippen LogP contribution < -0.4 is 10.3 Å². The molecule has 1 aliphatic rings. The summed E-state index contributed by atoms with van der Waals surface area (Å²) in [6.45, 7) is 4.27. The van der Waals surface area contributed by atoms with Gasteiger partial charge < -0.3 is 14.0 Å². The molecule has 0 amide bonds. The number of aromatic nitrogens is 1. The van der Waals surface area contributed by atoms with Gasteiger partial charge in [0, 0.05) is 36.8 Å². The van der Waals surface area contributed by atoms with Crippen molar-refractivity contribution in [1.29, 1.82) is 0 Å². The largest absolute Gasteiger partial charge is 0.487 e. The van der Waals surface area contributed by atoms with Crippen molar-refractivity contribution in [3.05, 3.63) is 92.9 Å². The topological polar surface area (TPSA) is 101 Å². The van der Waals surface area contributed by atoms with Crippen molar-refractivity contribution in [2.45, 2.75) is 43.7 Å². The molecule has 2 atom stereocenters. The van der Waals surface area contributed by atoms with E-state index in [-0.39, 0.29) is 43.7 Å².